The molecule has 7 nitrogen and oxygen atoms in total. The predicted octanol–water partition coefficient (Wildman–Crippen LogP) is 3.15. The van der Waals surface area contributed by atoms with E-state index in [2.05, 4.69) is 53.4 Å². The number of guanidine groups is 1. The number of likely N-dealkylation sites (tertiary alicyclic amines) is 1. The first-order valence-electron chi connectivity index (χ1n) is 10.9. The molecule has 1 fully saturated rings. The van der Waals surface area contributed by atoms with E-state index >= 15 is 0 Å². The molecule has 0 amide bonds. The van der Waals surface area contributed by atoms with Gasteiger partial charge in [-0.2, -0.15) is 0 Å². The molecule has 31 heavy (non-hydrogen) atoms. The lowest BCUT2D eigenvalue weighted by Crippen LogP contribution is -2.44. The summed E-state index contributed by atoms with van der Waals surface area (Å²) in [5.41, 5.74) is 2.34. The van der Waals surface area contributed by atoms with Crippen LogP contribution in [-0.4, -0.2) is 62.3 Å². The molecule has 0 radical (unpaired) electrons. The smallest absolute Gasteiger partial charge is 0.191 e. The Morgan fingerprint density at radius 2 is 1.97 bits per heavy atom. The van der Waals surface area contributed by atoms with E-state index in [1.54, 1.807) is 25.6 Å². The normalized spacial score (nSPS) is 17.1. The van der Waals surface area contributed by atoms with Crippen molar-refractivity contribution in [3.63, 3.8) is 0 Å². The Morgan fingerprint density at radius 3 is 2.58 bits per heavy atom. The zero-order valence-electron chi connectivity index (χ0n) is 19.3. The topological polar surface area (TPSA) is 71.0 Å². The van der Waals surface area contributed by atoms with Gasteiger partial charge in [-0.05, 0) is 44.9 Å². The summed E-state index contributed by atoms with van der Waals surface area (Å²) in [5.74, 6) is 2.56. The van der Waals surface area contributed by atoms with Crippen LogP contribution >= 0.6 is 11.3 Å². The summed E-state index contributed by atoms with van der Waals surface area (Å²) in [6.07, 6.45) is 2.03. The van der Waals surface area contributed by atoms with Gasteiger partial charge in [0.05, 0.1) is 24.9 Å². The van der Waals surface area contributed by atoms with Crippen molar-refractivity contribution in [3.8, 4) is 11.5 Å². The molecule has 1 aromatic carbocycles. The molecular formula is C23H35N5O2S. The Morgan fingerprint density at radius 1 is 1.23 bits per heavy atom. The number of thiazole rings is 1. The fraction of sp³-hybridized carbons (Fsp3) is 0.565. The van der Waals surface area contributed by atoms with Crippen LogP contribution in [0.5, 0.6) is 11.5 Å². The van der Waals surface area contributed by atoms with E-state index in [0.717, 1.165) is 73.7 Å². The maximum atomic E-state index is 5.40. The Bertz CT molecular complexity index is 861. The lowest BCUT2D eigenvalue weighted by molar-refractivity contribution is 0.321. The van der Waals surface area contributed by atoms with Gasteiger partial charge in [-0.25, -0.2) is 4.98 Å². The Hall–Kier alpha value is -2.32. The number of aliphatic imine (C=N–C) groups is 1. The van der Waals surface area contributed by atoms with Gasteiger partial charge in [0.1, 0.15) is 11.5 Å². The van der Waals surface area contributed by atoms with E-state index < -0.39 is 0 Å². The Kier molecular flexibility index (Phi) is 8.54. The van der Waals surface area contributed by atoms with Gasteiger partial charge >= 0.3 is 0 Å². The molecule has 3 rings (SSSR count). The van der Waals surface area contributed by atoms with Gasteiger partial charge in [0, 0.05) is 56.1 Å². The Balaban J connectivity index is 1.53. The first-order valence-corrected chi connectivity index (χ1v) is 11.7. The highest BCUT2D eigenvalue weighted by atomic mass is 32.1. The number of hydrogen-bond acceptors (Lipinski definition) is 6. The van der Waals surface area contributed by atoms with Crippen LogP contribution in [0.2, 0.25) is 0 Å². The van der Waals surface area contributed by atoms with Crippen molar-refractivity contribution in [2.75, 3.05) is 40.4 Å². The van der Waals surface area contributed by atoms with Crippen LogP contribution in [0.15, 0.2) is 23.2 Å². The number of aromatic nitrogens is 1. The number of hydrogen-bond donors (Lipinski definition) is 2. The highest BCUT2D eigenvalue weighted by Gasteiger charge is 2.23. The van der Waals surface area contributed by atoms with Gasteiger partial charge in [0.2, 0.25) is 0 Å². The second-order valence-electron chi connectivity index (χ2n) is 7.84. The van der Waals surface area contributed by atoms with E-state index in [1.807, 2.05) is 6.07 Å². The Labute approximate surface area is 189 Å². The molecule has 1 saturated heterocycles. The minimum Gasteiger partial charge on any atom is -0.497 e. The third kappa shape index (κ3) is 6.83. The van der Waals surface area contributed by atoms with Crippen LogP contribution in [-0.2, 0) is 13.0 Å². The van der Waals surface area contributed by atoms with Crippen molar-refractivity contribution < 1.29 is 9.47 Å². The summed E-state index contributed by atoms with van der Waals surface area (Å²) in [5, 5.41) is 8.13. The molecule has 0 bridgehead atoms. The van der Waals surface area contributed by atoms with Gasteiger partial charge < -0.3 is 20.1 Å². The summed E-state index contributed by atoms with van der Waals surface area (Å²) >= 11 is 1.77. The first-order chi connectivity index (χ1) is 15.0. The van der Waals surface area contributed by atoms with Crippen LogP contribution in [0.25, 0.3) is 0 Å². The molecule has 1 aliphatic heterocycles. The van der Waals surface area contributed by atoms with Gasteiger partial charge in [-0.3, -0.25) is 9.89 Å². The average molecular weight is 446 g/mol. The van der Waals surface area contributed by atoms with E-state index in [9.17, 15) is 0 Å². The van der Waals surface area contributed by atoms with Crippen molar-refractivity contribution in [3.05, 3.63) is 39.3 Å². The van der Waals surface area contributed by atoms with Crippen molar-refractivity contribution in [2.45, 2.75) is 46.2 Å². The molecule has 0 saturated carbocycles. The molecule has 8 heteroatoms. The van der Waals surface area contributed by atoms with Crippen LogP contribution in [0.1, 0.15) is 34.5 Å². The summed E-state index contributed by atoms with van der Waals surface area (Å²) < 4.78 is 10.8. The summed E-state index contributed by atoms with van der Waals surface area (Å²) in [7, 11) is 3.38. The van der Waals surface area contributed by atoms with Gasteiger partial charge in [-0.15, -0.1) is 11.3 Å². The molecule has 0 spiro atoms. The number of aryl methyl sites for hydroxylation is 2. The maximum absolute atomic E-state index is 5.40. The molecule has 1 aromatic heterocycles. The maximum Gasteiger partial charge on any atom is 0.191 e. The molecule has 1 unspecified atom stereocenters. The molecule has 2 N–H and O–H groups in total. The van der Waals surface area contributed by atoms with Crippen LogP contribution < -0.4 is 20.1 Å². The van der Waals surface area contributed by atoms with E-state index in [4.69, 9.17) is 14.5 Å². The lowest BCUT2D eigenvalue weighted by Gasteiger charge is -2.19. The largest absolute Gasteiger partial charge is 0.497 e. The number of ether oxygens (including phenoxy) is 2. The number of nitrogens with one attached hydrogen (secondary N) is 2. The van der Waals surface area contributed by atoms with Crippen LogP contribution in [0, 0.1) is 13.8 Å². The lowest BCUT2D eigenvalue weighted by atomic mass is 10.2. The standard InChI is InChI=1S/C23H35N5O2S/c1-6-24-23(25-9-7-22-16(2)26-17(3)31-22)27-19-8-10-28(15-19)14-18-11-20(29-4)13-21(12-18)30-5/h11-13,19H,6-10,14-15H2,1-5H3,(H2,24,25,27). The summed E-state index contributed by atoms with van der Waals surface area (Å²) in [6.45, 7) is 10.8. The van der Waals surface area contributed by atoms with Crippen LogP contribution in [0.4, 0.5) is 0 Å². The fourth-order valence-electron chi connectivity index (χ4n) is 3.90. The minimum atomic E-state index is 0.387. The molecule has 0 aliphatic carbocycles. The molecule has 1 atom stereocenters. The number of rotatable bonds is 9. The summed E-state index contributed by atoms with van der Waals surface area (Å²) in [6, 6.07) is 6.46. The zero-order chi connectivity index (χ0) is 22.2. The third-order valence-corrected chi connectivity index (χ3v) is 6.52. The van der Waals surface area contributed by atoms with Crippen molar-refractivity contribution >= 4 is 17.3 Å². The zero-order valence-corrected chi connectivity index (χ0v) is 20.1. The van der Waals surface area contributed by atoms with Crippen molar-refractivity contribution in [1.29, 1.82) is 0 Å². The highest BCUT2D eigenvalue weighted by Crippen LogP contribution is 2.24. The van der Waals surface area contributed by atoms with Crippen molar-refractivity contribution in [1.82, 2.24) is 20.5 Å². The molecule has 1 aliphatic rings. The molecular weight excluding hydrogens is 410 g/mol. The van der Waals surface area contributed by atoms with Crippen LogP contribution in [0.3, 0.4) is 0 Å². The van der Waals surface area contributed by atoms with Gasteiger partial charge in [0.15, 0.2) is 5.96 Å². The number of benzene rings is 1. The molecule has 2 heterocycles. The minimum absolute atomic E-state index is 0.387. The second kappa shape index (κ2) is 11.3. The van der Waals surface area contributed by atoms with Gasteiger partial charge in [-0.1, -0.05) is 0 Å². The SMILES string of the molecule is CCNC(=NCCc1sc(C)nc1C)NC1CCN(Cc2cc(OC)cc(OC)c2)C1. The summed E-state index contributed by atoms with van der Waals surface area (Å²) in [4.78, 5) is 13.1. The molecule has 2 aromatic rings. The number of nitrogens with zero attached hydrogens (tertiary/aromatic N) is 3. The molecule has 170 valence electrons. The number of methoxy groups -OCH3 is 2. The first kappa shape index (κ1) is 23.3. The fourth-order valence-corrected chi connectivity index (χ4v) is 4.82. The van der Waals surface area contributed by atoms with E-state index in [1.165, 1.54) is 10.4 Å². The second-order valence-corrected chi connectivity index (χ2v) is 9.13. The highest BCUT2D eigenvalue weighted by molar-refractivity contribution is 7.11. The van der Waals surface area contributed by atoms with E-state index in [0.29, 0.717) is 6.04 Å². The quantitative estimate of drug-likeness (QED) is 0.456. The average Bonchev–Trinajstić information content (AvgIpc) is 3.32. The van der Waals surface area contributed by atoms with Gasteiger partial charge in [0.25, 0.3) is 0 Å². The predicted molar refractivity (Wildman–Crippen MR) is 128 cm³/mol. The monoisotopic (exact) mass is 445 g/mol. The van der Waals surface area contributed by atoms with E-state index in [-0.39, 0.29) is 0 Å². The van der Waals surface area contributed by atoms with Crippen molar-refractivity contribution in [2.24, 2.45) is 4.99 Å². The third-order valence-electron chi connectivity index (χ3n) is 5.38.